The molecule has 6 nitrogen and oxygen atoms in total. The summed E-state index contributed by atoms with van der Waals surface area (Å²) < 4.78 is 0. The Morgan fingerprint density at radius 1 is 0.359 bits per heavy atom. The van der Waals surface area contributed by atoms with Gasteiger partial charge in [-0.15, -0.1) is 0 Å². The van der Waals surface area contributed by atoms with E-state index in [-0.39, 0.29) is 33.9 Å². The van der Waals surface area contributed by atoms with Gasteiger partial charge in [0.1, 0.15) is 17.2 Å². The monoisotopic (exact) mass is 522 g/mol. The smallest absolute Gasteiger partial charge is 0.193 e. The van der Waals surface area contributed by atoms with Crippen LogP contribution in [-0.4, -0.2) is 32.7 Å². The highest BCUT2D eigenvalue weighted by Gasteiger charge is 2.22. The molecule has 0 bridgehead atoms. The number of phenolic OH excluding ortho intramolecular Hbond substituents is 3. The van der Waals surface area contributed by atoms with E-state index in [9.17, 15) is 29.7 Å². The van der Waals surface area contributed by atoms with Gasteiger partial charge in [-0.2, -0.15) is 0 Å². The number of carbonyl (C=O) groups is 3. The second-order valence-electron chi connectivity index (χ2n) is 10.2. The molecule has 0 aliphatic carbocycles. The number of hydrogen-bond acceptors (Lipinski definition) is 6. The lowest BCUT2D eigenvalue weighted by Crippen LogP contribution is -2.11. The third kappa shape index (κ3) is 5.18. The number of phenols is 3. The number of benzene rings is 4. The van der Waals surface area contributed by atoms with E-state index in [2.05, 4.69) is 0 Å². The van der Waals surface area contributed by atoms with Crippen LogP contribution in [0.2, 0.25) is 0 Å². The van der Waals surface area contributed by atoms with Gasteiger partial charge in [0.05, 0.1) is 0 Å². The van der Waals surface area contributed by atoms with Gasteiger partial charge in [0.25, 0.3) is 0 Å². The van der Waals surface area contributed by atoms with E-state index in [0.717, 1.165) is 0 Å². The van der Waals surface area contributed by atoms with Crippen LogP contribution in [0.5, 0.6) is 17.2 Å². The van der Waals surface area contributed by atoms with Crippen LogP contribution in [0, 0.1) is 41.5 Å². The first-order valence-electron chi connectivity index (χ1n) is 12.5. The zero-order chi connectivity index (χ0) is 28.8. The maximum atomic E-state index is 13.6. The second-order valence-corrected chi connectivity index (χ2v) is 10.2. The molecule has 6 heteroatoms. The Labute approximate surface area is 227 Å². The van der Waals surface area contributed by atoms with Crippen LogP contribution in [0.4, 0.5) is 0 Å². The molecule has 0 saturated heterocycles. The zero-order valence-electron chi connectivity index (χ0n) is 22.8. The number of aryl methyl sites for hydroxylation is 6. The molecule has 0 saturated carbocycles. The highest BCUT2D eigenvalue weighted by molar-refractivity contribution is 6.17. The van der Waals surface area contributed by atoms with Crippen LogP contribution in [-0.2, 0) is 0 Å². The quantitative estimate of drug-likeness (QED) is 0.255. The molecular weight excluding hydrogens is 492 g/mol. The molecule has 0 amide bonds. The van der Waals surface area contributed by atoms with Crippen molar-refractivity contribution < 1.29 is 29.7 Å². The fraction of sp³-hybridized carbons (Fsp3) is 0.182. The molecule has 198 valence electrons. The van der Waals surface area contributed by atoms with Gasteiger partial charge in [-0.25, -0.2) is 0 Å². The number of ketones is 3. The minimum Gasteiger partial charge on any atom is -0.507 e. The minimum atomic E-state index is -0.402. The summed E-state index contributed by atoms with van der Waals surface area (Å²) in [5, 5.41) is 30.5. The van der Waals surface area contributed by atoms with Crippen molar-refractivity contribution >= 4 is 17.3 Å². The number of aromatic hydroxyl groups is 3. The first-order chi connectivity index (χ1) is 18.3. The number of hydrogen-bond donors (Lipinski definition) is 3. The molecular formula is C33H30O6. The Bertz CT molecular complexity index is 1410. The summed E-state index contributed by atoms with van der Waals surface area (Å²) in [6.07, 6.45) is 0. The first kappa shape index (κ1) is 27.3. The third-order valence-corrected chi connectivity index (χ3v) is 6.98. The maximum Gasteiger partial charge on any atom is 0.193 e. The third-order valence-electron chi connectivity index (χ3n) is 6.98. The van der Waals surface area contributed by atoms with Crippen molar-refractivity contribution in [3.8, 4) is 17.2 Å². The van der Waals surface area contributed by atoms with Gasteiger partial charge in [-0.3, -0.25) is 14.4 Å². The van der Waals surface area contributed by atoms with Gasteiger partial charge < -0.3 is 15.3 Å². The molecule has 4 rings (SSSR count). The SMILES string of the molecule is Cc1cc(C(=O)c2cc(C(=O)c3cc(C)c(O)c(C)c3)cc(C(=O)c3cc(C)c(O)c(C)c3)c2)cc(C)c1O. The summed E-state index contributed by atoms with van der Waals surface area (Å²) in [6.45, 7) is 10.2. The topological polar surface area (TPSA) is 112 Å². The average molecular weight is 523 g/mol. The molecule has 0 heterocycles. The summed E-state index contributed by atoms with van der Waals surface area (Å²) in [6, 6.07) is 13.8. The van der Waals surface area contributed by atoms with Crippen molar-refractivity contribution in [1.82, 2.24) is 0 Å². The standard InChI is InChI=1S/C33H30O6/c1-16-7-22(8-17(2)28(16)34)31(37)25-13-26(32(38)23-9-18(3)29(35)19(4)10-23)15-27(14-25)33(39)24-11-20(5)30(36)21(6)12-24/h7-15,34-36H,1-6H3. The molecule has 0 atom stereocenters. The molecule has 0 radical (unpaired) electrons. The van der Waals surface area contributed by atoms with Gasteiger partial charge in [-0.1, -0.05) is 0 Å². The summed E-state index contributed by atoms with van der Waals surface area (Å²) >= 11 is 0. The Morgan fingerprint density at radius 3 is 0.692 bits per heavy atom. The molecule has 4 aromatic rings. The predicted octanol–water partition coefficient (Wildman–Crippen LogP) is 6.35. The Balaban J connectivity index is 1.90. The Kier molecular flexibility index (Phi) is 7.16. The lowest BCUT2D eigenvalue weighted by Gasteiger charge is -2.13. The van der Waals surface area contributed by atoms with Crippen molar-refractivity contribution in [1.29, 1.82) is 0 Å². The highest BCUT2D eigenvalue weighted by Crippen LogP contribution is 2.29. The number of rotatable bonds is 6. The molecule has 3 N–H and O–H groups in total. The van der Waals surface area contributed by atoms with Gasteiger partial charge in [-0.05, 0) is 130 Å². The maximum absolute atomic E-state index is 13.6. The van der Waals surface area contributed by atoms with Crippen LogP contribution < -0.4 is 0 Å². The molecule has 4 aromatic carbocycles. The van der Waals surface area contributed by atoms with Crippen molar-refractivity contribution in [2.75, 3.05) is 0 Å². The van der Waals surface area contributed by atoms with Crippen molar-refractivity contribution in [2.45, 2.75) is 41.5 Å². The summed E-state index contributed by atoms with van der Waals surface area (Å²) in [5.74, 6) is -0.907. The fourth-order valence-corrected chi connectivity index (χ4v) is 4.78. The van der Waals surface area contributed by atoms with E-state index in [1.165, 1.54) is 18.2 Å². The van der Waals surface area contributed by atoms with Gasteiger partial charge in [0.2, 0.25) is 0 Å². The largest absolute Gasteiger partial charge is 0.507 e. The van der Waals surface area contributed by atoms with Crippen LogP contribution >= 0.6 is 0 Å². The van der Waals surface area contributed by atoms with Crippen LogP contribution in [0.3, 0.4) is 0 Å². The van der Waals surface area contributed by atoms with Crippen LogP contribution in [0.15, 0.2) is 54.6 Å². The van der Waals surface area contributed by atoms with E-state index in [1.807, 2.05) is 0 Å². The van der Waals surface area contributed by atoms with E-state index < -0.39 is 17.3 Å². The summed E-state index contributed by atoms with van der Waals surface area (Å²) in [5.41, 5.74) is 4.60. The normalized spacial score (nSPS) is 10.9. The van der Waals surface area contributed by atoms with Gasteiger partial charge in [0.15, 0.2) is 17.3 Å². The lowest BCUT2D eigenvalue weighted by molar-refractivity contribution is 0.103. The fourth-order valence-electron chi connectivity index (χ4n) is 4.78. The zero-order valence-corrected chi connectivity index (χ0v) is 22.8. The van der Waals surface area contributed by atoms with E-state index in [0.29, 0.717) is 50.1 Å². The predicted molar refractivity (Wildman–Crippen MR) is 149 cm³/mol. The second kappa shape index (κ2) is 10.2. The van der Waals surface area contributed by atoms with Crippen molar-refractivity contribution in [3.63, 3.8) is 0 Å². The highest BCUT2D eigenvalue weighted by atomic mass is 16.3. The van der Waals surface area contributed by atoms with Crippen LogP contribution in [0.1, 0.15) is 81.1 Å². The molecule has 0 aliphatic heterocycles. The first-order valence-corrected chi connectivity index (χ1v) is 12.5. The molecule has 0 fully saturated rings. The Morgan fingerprint density at radius 2 is 0.513 bits per heavy atom. The molecule has 0 aromatic heterocycles. The molecule has 0 aliphatic rings. The van der Waals surface area contributed by atoms with E-state index >= 15 is 0 Å². The minimum absolute atomic E-state index is 0.0995. The molecule has 0 unspecified atom stereocenters. The Hall–Kier alpha value is -4.71. The van der Waals surface area contributed by atoms with Crippen molar-refractivity contribution in [3.05, 3.63) is 121 Å². The summed E-state index contributed by atoms with van der Waals surface area (Å²) in [7, 11) is 0. The van der Waals surface area contributed by atoms with E-state index in [4.69, 9.17) is 0 Å². The van der Waals surface area contributed by atoms with Gasteiger partial charge in [0, 0.05) is 33.4 Å². The molecule has 39 heavy (non-hydrogen) atoms. The van der Waals surface area contributed by atoms with Crippen LogP contribution in [0.25, 0.3) is 0 Å². The average Bonchev–Trinajstić information content (AvgIpc) is 2.90. The van der Waals surface area contributed by atoms with Gasteiger partial charge >= 0.3 is 0 Å². The number of carbonyl (C=O) groups excluding carboxylic acids is 3. The van der Waals surface area contributed by atoms with Crippen molar-refractivity contribution in [2.24, 2.45) is 0 Å². The summed E-state index contributed by atoms with van der Waals surface area (Å²) in [4.78, 5) is 40.9. The lowest BCUT2D eigenvalue weighted by atomic mass is 9.90. The molecule has 0 spiro atoms. The van der Waals surface area contributed by atoms with E-state index in [1.54, 1.807) is 77.9 Å².